The largest absolute Gasteiger partial charge is 0.504 e. The highest BCUT2D eigenvalue weighted by Crippen LogP contribution is 2.25. The smallest absolute Gasteiger partial charge is 0.259 e. The Morgan fingerprint density at radius 3 is 2.72 bits per heavy atom. The molecule has 0 spiro atoms. The number of rotatable bonds is 6. The van der Waals surface area contributed by atoms with Crippen LogP contribution in [0, 0.1) is 6.92 Å². The number of hydrazone groups is 1. The van der Waals surface area contributed by atoms with Gasteiger partial charge in [0.15, 0.2) is 11.5 Å². The number of aryl methyl sites for hydroxylation is 1. The Hall–Kier alpha value is -3.35. The first-order valence-electron chi connectivity index (χ1n) is 7.54. The molecule has 0 unspecified atom stereocenters. The van der Waals surface area contributed by atoms with E-state index in [0.29, 0.717) is 16.9 Å². The molecular weight excluding hydrogens is 322 g/mol. The van der Waals surface area contributed by atoms with Gasteiger partial charge in [0.05, 0.1) is 19.9 Å². The average molecular weight is 341 g/mol. The number of phenolic OH excluding ortho intramolecular Hbond substituents is 1. The summed E-state index contributed by atoms with van der Waals surface area (Å²) in [5, 5.41) is 15.8. The molecule has 0 aliphatic carbocycles. The third kappa shape index (κ3) is 5.07. The predicted octanol–water partition coefficient (Wildman–Crippen LogP) is 1.59. The number of aromatic hydroxyl groups is 1. The van der Waals surface area contributed by atoms with Gasteiger partial charge in [0.2, 0.25) is 0 Å². The molecular formula is C18H19N3O4. The molecule has 3 N–H and O–H groups in total. The fraction of sp³-hybridized carbons (Fsp3) is 0.167. The summed E-state index contributed by atoms with van der Waals surface area (Å²) < 4.78 is 4.98. The van der Waals surface area contributed by atoms with Crippen LogP contribution in [0.3, 0.4) is 0 Å². The van der Waals surface area contributed by atoms with E-state index < -0.39 is 5.91 Å². The Kier molecular flexibility index (Phi) is 6.11. The maximum absolute atomic E-state index is 12.0. The van der Waals surface area contributed by atoms with Gasteiger partial charge in [-0.3, -0.25) is 9.59 Å². The summed E-state index contributed by atoms with van der Waals surface area (Å²) >= 11 is 0. The molecule has 0 aromatic heterocycles. The molecule has 0 saturated heterocycles. The Morgan fingerprint density at radius 1 is 1.24 bits per heavy atom. The van der Waals surface area contributed by atoms with Gasteiger partial charge in [0, 0.05) is 5.56 Å². The van der Waals surface area contributed by atoms with E-state index in [-0.39, 0.29) is 18.2 Å². The van der Waals surface area contributed by atoms with Crippen molar-refractivity contribution in [3.8, 4) is 11.5 Å². The van der Waals surface area contributed by atoms with E-state index >= 15 is 0 Å². The SMILES string of the molecule is COc1cc(/C=N\NC(=O)CNC(=O)c2ccccc2C)ccc1O. The number of carbonyl (C=O) groups excluding carboxylic acids is 2. The van der Waals surface area contributed by atoms with E-state index in [2.05, 4.69) is 15.8 Å². The van der Waals surface area contributed by atoms with Crippen LogP contribution >= 0.6 is 0 Å². The number of carbonyl (C=O) groups is 2. The topological polar surface area (TPSA) is 100 Å². The third-order valence-corrected chi connectivity index (χ3v) is 3.41. The van der Waals surface area contributed by atoms with Crippen LogP contribution in [0.25, 0.3) is 0 Å². The normalized spacial score (nSPS) is 10.5. The lowest BCUT2D eigenvalue weighted by molar-refractivity contribution is -0.120. The predicted molar refractivity (Wildman–Crippen MR) is 93.9 cm³/mol. The maximum Gasteiger partial charge on any atom is 0.259 e. The molecule has 0 fully saturated rings. The molecule has 0 saturated carbocycles. The molecule has 7 nitrogen and oxygen atoms in total. The van der Waals surface area contributed by atoms with E-state index in [1.165, 1.54) is 19.4 Å². The molecule has 2 aromatic carbocycles. The lowest BCUT2D eigenvalue weighted by Crippen LogP contribution is -2.35. The van der Waals surface area contributed by atoms with Crippen LogP contribution in [0.1, 0.15) is 21.5 Å². The zero-order valence-corrected chi connectivity index (χ0v) is 13.9. The fourth-order valence-electron chi connectivity index (χ4n) is 2.08. The molecule has 2 aromatic rings. The highest BCUT2D eigenvalue weighted by molar-refractivity contribution is 5.97. The molecule has 7 heteroatoms. The molecule has 2 amide bonds. The Bertz CT molecular complexity index is 803. The summed E-state index contributed by atoms with van der Waals surface area (Å²) in [5.41, 5.74) is 4.31. The maximum atomic E-state index is 12.0. The summed E-state index contributed by atoms with van der Waals surface area (Å²) in [5.74, 6) is -0.451. The summed E-state index contributed by atoms with van der Waals surface area (Å²) in [6.07, 6.45) is 1.41. The number of phenols is 1. The minimum Gasteiger partial charge on any atom is -0.504 e. The van der Waals surface area contributed by atoms with Crippen LogP contribution in [0.4, 0.5) is 0 Å². The van der Waals surface area contributed by atoms with E-state index in [4.69, 9.17) is 4.74 Å². The van der Waals surface area contributed by atoms with Crippen LogP contribution in [-0.2, 0) is 4.79 Å². The van der Waals surface area contributed by atoms with Crippen molar-refractivity contribution >= 4 is 18.0 Å². The van der Waals surface area contributed by atoms with Crippen molar-refractivity contribution in [3.63, 3.8) is 0 Å². The highest BCUT2D eigenvalue weighted by Gasteiger charge is 2.09. The van der Waals surface area contributed by atoms with Crippen LogP contribution in [0.15, 0.2) is 47.6 Å². The van der Waals surface area contributed by atoms with Gasteiger partial charge in [-0.05, 0) is 42.3 Å². The van der Waals surface area contributed by atoms with Crippen molar-refractivity contribution < 1.29 is 19.4 Å². The summed E-state index contributed by atoms with van der Waals surface area (Å²) in [6.45, 7) is 1.63. The molecule has 0 aliphatic heterocycles. The van der Waals surface area contributed by atoms with E-state index in [1.807, 2.05) is 19.1 Å². The van der Waals surface area contributed by atoms with Gasteiger partial charge in [-0.2, -0.15) is 5.10 Å². The highest BCUT2D eigenvalue weighted by atomic mass is 16.5. The monoisotopic (exact) mass is 341 g/mol. The standard InChI is InChI=1S/C18H19N3O4/c1-12-5-3-4-6-14(12)18(24)19-11-17(23)21-20-10-13-7-8-15(22)16(9-13)25-2/h3-10,22H,11H2,1-2H3,(H,19,24)(H,21,23)/b20-10-. The molecule has 0 aliphatic rings. The van der Waals surface area contributed by atoms with Crippen molar-refractivity contribution in [3.05, 3.63) is 59.2 Å². The Labute approximate surface area is 145 Å². The minimum atomic E-state index is -0.455. The Morgan fingerprint density at radius 2 is 2.00 bits per heavy atom. The summed E-state index contributed by atoms with van der Waals surface area (Å²) in [4.78, 5) is 23.7. The van der Waals surface area contributed by atoms with E-state index in [1.54, 1.807) is 24.3 Å². The number of hydrogen-bond donors (Lipinski definition) is 3. The van der Waals surface area contributed by atoms with Crippen molar-refractivity contribution in [1.29, 1.82) is 0 Å². The van der Waals surface area contributed by atoms with Gasteiger partial charge in [0.25, 0.3) is 11.8 Å². The second-order valence-corrected chi connectivity index (χ2v) is 5.22. The molecule has 130 valence electrons. The van der Waals surface area contributed by atoms with Crippen LogP contribution < -0.4 is 15.5 Å². The van der Waals surface area contributed by atoms with Gasteiger partial charge >= 0.3 is 0 Å². The number of amides is 2. The van der Waals surface area contributed by atoms with Crippen LogP contribution in [0.5, 0.6) is 11.5 Å². The number of benzene rings is 2. The third-order valence-electron chi connectivity index (χ3n) is 3.41. The zero-order valence-electron chi connectivity index (χ0n) is 13.9. The van der Waals surface area contributed by atoms with Crippen molar-refractivity contribution in [2.75, 3.05) is 13.7 Å². The first kappa shape index (κ1) is 18.0. The van der Waals surface area contributed by atoms with Crippen LogP contribution in [0.2, 0.25) is 0 Å². The summed E-state index contributed by atoms with van der Waals surface area (Å²) in [6, 6.07) is 11.8. The zero-order chi connectivity index (χ0) is 18.2. The van der Waals surface area contributed by atoms with E-state index in [0.717, 1.165) is 5.56 Å². The molecule has 2 rings (SSSR count). The quantitative estimate of drug-likeness (QED) is 0.549. The fourth-order valence-corrected chi connectivity index (χ4v) is 2.08. The minimum absolute atomic E-state index is 0.0163. The number of methoxy groups -OCH3 is 1. The number of nitrogens with zero attached hydrogens (tertiary/aromatic N) is 1. The van der Waals surface area contributed by atoms with Gasteiger partial charge in [0.1, 0.15) is 0 Å². The van der Waals surface area contributed by atoms with E-state index in [9.17, 15) is 14.7 Å². The lowest BCUT2D eigenvalue weighted by atomic mass is 10.1. The van der Waals surface area contributed by atoms with Gasteiger partial charge in [-0.15, -0.1) is 0 Å². The van der Waals surface area contributed by atoms with Crippen molar-refractivity contribution in [2.45, 2.75) is 6.92 Å². The van der Waals surface area contributed by atoms with Gasteiger partial charge in [-0.25, -0.2) is 5.43 Å². The van der Waals surface area contributed by atoms with Gasteiger partial charge < -0.3 is 15.2 Å². The first-order chi connectivity index (χ1) is 12.0. The molecule has 0 radical (unpaired) electrons. The number of nitrogens with one attached hydrogen (secondary N) is 2. The van der Waals surface area contributed by atoms with Crippen LogP contribution in [-0.4, -0.2) is 36.8 Å². The van der Waals surface area contributed by atoms with Crippen molar-refractivity contribution in [1.82, 2.24) is 10.7 Å². The summed E-state index contributed by atoms with van der Waals surface area (Å²) in [7, 11) is 1.44. The molecule has 0 heterocycles. The van der Waals surface area contributed by atoms with Crippen molar-refractivity contribution in [2.24, 2.45) is 5.10 Å². The lowest BCUT2D eigenvalue weighted by Gasteiger charge is -2.06. The second-order valence-electron chi connectivity index (χ2n) is 5.22. The average Bonchev–Trinajstić information content (AvgIpc) is 2.61. The molecule has 0 bridgehead atoms. The first-order valence-corrected chi connectivity index (χ1v) is 7.54. The molecule has 0 atom stereocenters. The molecule has 25 heavy (non-hydrogen) atoms. The number of hydrogen-bond acceptors (Lipinski definition) is 5. The van der Waals surface area contributed by atoms with Gasteiger partial charge in [-0.1, -0.05) is 18.2 Å². The second kappa shape index (κ2) is 8.49. The Balaban J connectivity index is 1.84. The number of ether oxygens (including phenoxy) is 1.